The molecule has 7 heteroatoms. The second-order valence-corrected chi connectivity index (χ2v) is 7.15. The zero-order chi connectivity index (χ0) is 19.1. The summed E-state index contributed by atoms with van der Waals surface area (Å²) in [4.78, 5) is 29.2. The van der Waals surface area contributed by atoms with Gasteiger partial charge in [0, 0.05) is 26.1 Å². The van der Waals surface area contributed by atoms with Crippen molar-refractivity contribution in [2.24, 2.45) is 0 Å². The van der Waals surface area contributed by atoms with Crippen molar-refractivity contribution in [1.82, 2.24) is 14.9 Å². The highest BCUT2D eigenvalue weighted by Gasteiger charge is 2.08. The molecule has 3 rings (SSSR count). The molecule has 1 atom stereocenters. The van der Waals surface area contributed by atoms with E-state index < -0.39 is 0 Å². The number of thiophene rings is 1. The van der Waals surface area contributed by atoms with Gasteiger partial charge >= 0.3 is 0 Å². The Balaban J connectivity index is 1.35. The molecule has 0 radical (unpaired) electrons. The summed E-state index contributed by atoms with van der Waals surface area (Å²) in [5.74, 6) is -0.0802. The molecule has 1 N–H and O–H groups in total. The summed E-state index contributed by atoms with van der Waals surface area (Å²) in [6.45, 7) is 3.47. The normalized spacial score (nSPS) is 12.2. The first-order valence-electron chi connectivity index (χ1n) is 9.01. The summed E-state index contributed by atoms with van der Waals surface area (Å²) >= 11 is 1.44. The molecular weight excluding hydrogens is 362 g/mol. The van der Waals surface area contributed by atoms with Crippen molar-refractivity contribution in [3.05, 3.63) is 64.0 Å². The van der Waals surface area contributed by atoms with Crippen molar-refractivity contribution in [3.63, 3.8) is 0 Å². The van der Waals surface area contributed by atoms with Gasteiger partial charge in [0.15, 0.2) is 0 Å². The molecule has 0 aliphatic rings. The van der Waals surface area contributed by atoms with E-state index in [-0.39, 0.29) is 24.0 Å². The van der Waals surface area contributed by atoms with Crippen LogP contribution in [0, 0.1) is 0 Å². The van der Waals surface area contributed by atoms with Gasteiger partial charge in [0.25, 0.3) is 5.56 Å². The largest absolute Gasteiger partial charge is 0.374 e. The van der Waals surface area contributed by atoms with E-state index in [0.717, 1.165) is 16.8 Å². The lowest BCUT2D eigenvalue weighted by Crippen LogP contribution is -2.28. The number of hydrogen-bond acceptors (Lipinski definition) is 5. The van der Waals surface area contributed by atoms with Gasteiger partial charge in [-0.2, -0.15) is 0 Å². The maximum absolute atomic E-state index is 12.3. The van der Waals surface area contributed by atoms with E-state index in [9.17, 15) is 9.59 Å². The third kappa shape index (κ3) is 5.24. The van der Waals surface area contributed by atoms with Crippen LogP contribution in [-0.4, -0.2) is 28.6 Å². The molecule has 1 unspecified atom stereocenters. The molecule has 142 valence electrons. The number of nitrogens with zero attached hydrogens (tertiary/aromatic N) is 2. The molecular formula is C20H23N3O3S. The van der Waals surface area contributed by atoms with Gasteiger partial charge in [-0.05, 0) is 30.4 Å². The second kappa shape index (κ2) is 9.43. The van der Waals surface area contributed by atoms with E-state index in [1.165, 1.54) is 22.2 Å². The van der Waals surface area contributed by atoms with Crippen LogP contribution in [0.1, 0.15) is 31.4 Å². The number of amides is 1. The minimum atomic E-state index is -0.0997. The molecule has 1 amide bonds. The molecule has 0 fully saturated rings. The summed E-state index contributed by atoms with van der Waals surface area (Å²) in [5.41, 5.74) is 1.04. The molecule has 0 saturated heterocycles. The lowest BCUT2D eigenvalue weighted by atomic mass is 10.1. The number of carbonyl (C=O) groups excluding carboxylic acids is 1. The molecule has 2 heterocycles. The van der Waals surface area contributed by atoms with Crippen molar-refractivity contribution >= 4 is 27.5 Å². The fraction of sp³-hybridized carbons (Fsp3) is 0.350. The zero-order valence-electron chi connectivity index (χ0n) is 15.3. The van der Waals surface area contributed by atoms with Crippen LogP contribution in [0.4, 0.5) is 0 Å². The SMILES string of the molecule is CC(OCCCNC(=O)CCn1cnc2sccc2c1=O)c1ccccc1. The molecule has 0 aliphatic carbocycles. The van der Waals surface area contributed by atoms with Gasteiger partial charge in [-0.15, -0.1) is 11.3 Å². The highest BCUT2D eigenvalue weighted by molar-refractivity contribution is 7.16. The zero-order valence-corrected chi connectivity index (χ0v) is 16.1. The number of nitrogens with one attached hydrogen (secondary N) is 1. The van der Waals surface area contributed by atoms with Crippen molar-refractivity contribution < 1.29 is 9.53 Å². The van der Waals surface area contributed by atoms with Crippen molar-refractivity contribution in [3.8, 4) is 0 Å². The van der Waals surface area contributed by atoms with Gasteiger partial charge < -0.3 is 10.1 Å². The minimum Gasteiger partial charge on any atom is -0.374 e. The molecule has 0 aliphatic heterocycles. The van der Waals surface area contributed by atoms with Crippen LogP contribution in [-0.2, 0) is 16.1 Å². The van der Waals surface area contributed by atoms with Gasteiger partial charge in [-0.3, -0.25) is 14.2 Å². The maximum atomic E-state index is 12.3. The summed E-state index contributed by atoms with van der Waals surface area (Å²) in [6.07, 6.45) is 2.53. The van der Waals surface area contributed by atoms with Gasteiger partial charge in [0.1, 0.15) is 4.83 Å². The fourth-order valence-corrected chi connectivity index (χ4v) is 3.47. The summed E-state index contributed by atoms with van der Waals surface area (Å²) in [7, 11) is 0. The lowest BCUT2D eigenvalue weighted by Gasteiger charge is -2.13. The Morgan fingerprint density at radius 3 is 2.93 bits per heavy atom. The Hall–Kier alpha value is -2.51. The molecule has 0 bridgehead atoms. The third-order valence-corrected chi connectivity index (χ3v) is 5.13. The van der Waals surface area contributed by atoms with Crippen LogP contribution < -0.4 is 10.9 Å². The van der Waals surface area contributed by atoms with E-state index in [0.29, 0.717) is 25.1 Å². The predicted octanol–water partition coefficient (Wildman–Crippen LogP) is 3.13. The first-order chi connectivity index (χ1) is 13.1. The van der Waals surface area contributed by atoms with Crippen LogP contribution in [0.3, 0.4) is 0 Å². The maximum Gasteiger partial charge on any atom is 0.262 e. The number of aromatic nitrogens is 2. The number of rotatable bonds is 9. The van der Waals surface area contributed by atoms with Crippen LogP contribution in [0.2, 0.25) is 0 Å². The second-order valence-electron chi connectivity index (χ2n) is 6.26. The standard InChI is InChI=1S/C20H23N3O3S/c1-15(16-6-3-2-4-7-16)26-12-5-10-21-18(24)8-11-23-14-22-19-17(20(23)25)9-13-27-19/h2-4,6-7,9,13-15H,5,8,10-12H2,1H3,(H,21,24). The van der Waals surface area contributed by atoms with Crippen molar-refractivity contribution in [2.75, 3.05) is 13.2 Å². The van der Waals surface area contributed by atoms with E-state index in [4.69, 9.17) is 4.74 Å². The molecule has 0 spiro atoms. The number of benzene rings is 1. The highest BCUT2D eigenvalue weighted by atomic mass is 32.1. The first-order valence-corrected chi connectivity index (χ1v) is 9.89. The summed E-state index contributed by atoms with van der Waals surface area (Å²) in [5, 5.41) is 5.31. The first kappa shape index (κ1) is 19.3. The third-order valence-electron chi connectivity index (χ3n) is 4.31. The van der Waals surface area contributed by atoms with Crippen molar-refractivity contribution in [2.45, 2.75) is 32.4 Å². The number of ether oxygens (including phenoxy) is 1. The molecule has 6 nitrogen and oxygen atoms in total. The Bertz CT molecular complexity index is 936. The molecule has 3 aromatic rings. The van der Waals surface area contributed by atoms with Crippen molar-refractivity contribution in [1.29, 1.82) is 0 Å². The quantitative estimate of drug-likeness (QED) is 0.575. The number of carbonyl (C=O) groups is 1. The van der Waals surface area contributed by atoms with Crippen LogP contribution in [0.5, 0.6) is 0 Å². The van der Waals surface area contributed by atoms with E-state index >= 15 is 0 Å². The van der Waals surface area contributed by atoms with Gasteiger partial charge in [0.05, 0.1) is 17.8 Å². The van der Waals surface area contributed by atoms with Crippen LogP contribution in [0.25, 0.3) is 10.2 Å². The number of fused-ring (bicyclic) bond motifs is 1. The monoisotopic (exact) mass is 385 g/mol. The van der Waals surface area contributed by atoms with Crippen LogP contribution >= 0.6 is 11.3 Å². The Labute approximate surface area is 161 Å². The van der Waals surface area contributed by atoms with Gasteiger partial charge in [0.2, 0.25) is 5.91 Å². The average molecular weight is 385 g/mol. The minimum absolute atomic E-state index is 0.0355. The van der Waals surface area contributed by atoms with E-state index in [1.54, 1.807) is 6.07 Å². The molecule has 27 heavy (non-hydrogen) atoms. The number of hydrogen-bond donors (Lipinski definition) is 1. The highest BCUT2D eigenvalue weighted by Crippen LogP contribution is 2.15. The Morgan fingerprint density at radius 1 is 1.30 bits per heavy atom. The van der Waals surface area contributed by atoms with Gasteiger partial charge in [-0.1, -0.05) is 30.3 Å². The van der Waals surface area contributed by atoms with E-state index in [1.807, 2.05) is 42.6 Å². The fourth-order valence-electron chi connectivity index (χ4n) is 2.74. The Morgan fingerprint density at radius 2 is 2.11 bits per heavy atom. The topological polar surface area (TPSA) is 73.2 Å². The molecule has 2 aromatic heterocycles. The summed E-state index contributed by atoms with van der Waals surface area (Å²) in [6, 6.07) is 11.8. The molecule has 0 saturated carbocycles. The average Bonchev–Trinajstić information content (AvgIpc) is 3.17. The predicted molar refractivity (Wildman–Crippen MR) is 107 cm³/mol. The Kier molecular flexibility index (Phi) is 6.73. The van der Waals surface area contributed by atoms with Crippen LogP contribution in [0.15, 0.2) is 52.9 Å². The van der Waals surface area contributed by atoms with E-state index in [2.05, 4.69) is 10.3 Å². The summed E-state index contributed by atoms with van der Waals surface area (Å²) < 4.78 is 7.27. The molecule has 1 aromatic carbocycles. The number of aryl methyl sites for hydroxylation is 1. The smallest absolute Gasteiger partial charge is 0.262 e. The lowest BCUT2D eigenvalue weighted by molar-refractivity contribution is -0.121. The van der Waals surface area contributed by atoms with Gasteiger partial charge in [-0.25, -0.2) is 4.98 Å².